The highest BCUT2D eigenvalue weighted by atomic mass is 32.2. The highest BCUT2D eigenvalue weighted by molar-refractivity contribution is 7.89. The lowest BCUT2D eigenvalue weighted by Crippen LogP contribution is -2.39. The van der Waals surface area contributed by atoms with Crippen LogP contribution < -0.4 is 16.2 Å². The van der Waals surface area contributed by atoms with Crippen LogP contribution in [0.2, 0.25) is 0 Å². The molecule has 0 saturated carbocycles. The first-order valence-corrected chi connectivity index (χ1v) is 6.97. The lowest BCUT2D eigenvalue weighted by molar-refractivity contribution is -0.122. The number of terminal acetylenes is 1. The van der Waals surface area contributed by atoms with Gasteiger partial charge in [-0.25, -0.2) is 13.6 Å². The fourth-order valence-electron chi connectivity index (χ4n) is 1.37. The summed E-state index contributed by atoms with van der Waals surface area (Å²) in [5, 5.41) is 7.58. The van der Waals surface area contributed by atoms with Gasteiger partial charge in [0.25, 0.3) is 0 Å². The van der Waals surface area contributed by atoms with Crippen LogP contribution in [0.1, 0.15) is 12.0 Å². The Kier molecular flexibility index (Phi) is 5.06. The number of amides is 1. The number of primary sulfonamides is 1. The van der Waals surface area contributed by atoms with Gasteiger partial charge >= 0.3 is 0 Å². The summed E-state index contributed by atoms with van der Waals surface area (Å²) in [6, 6.07) is 5.21. The Morgan fingerprint density at radius 1 is 1.47 bits per heavy atom. The van der Waals surface area contributed by atoms with Crippen LogP contribution in [-0.2, 0) is 21.4 Å². The molecule has 6 nitrogen and oxygen atoms in total. The van der Waals surface area contributed by atoms with E-state index in [2.05, 4.69) is 11.2 Å². The molecular formula is C12H15N3O3S. The van der Waals surface area contributed by atoms with Crippen molar-refractivity contribution in [3.8, 4) is 12.3 Å². The smallest absolute Gasteiger partial charge is 0.238 e. The highest BCUT2D eigenvalue weighted by Crippen LogP contribution is 2.09. The van der Waals surface area contributed by atoms with Crippen LogP contribution in [-0.4, -0.2) is 20.4 Å². The van der Waals surface area contributed by atoms with Crippen LogP contribution in [0.3, 0.4) is 0 Å². The quantitative estimate of drug-likeness (QED) is 0.619. The van der Waals surface area contributed by atoms with Gasteiger partial charge in [-0.3, -0.25) is 4.79 Å². The fraction of sp³-hybridized carbons (Fsp3) is 0.250. The molecule has 0 aliphatic heterocycles. The highest BCUT2D eigenvalue weighted by Gasteiger charge is 2.12. The van der Waals surface area contributed by atoms with Crippen LogP contribution in [0.4, 0.5) is 0 Å². The molecule has 0 bridgehead atoms. The monoisotopic (exact) mass is 281 g/mol. The summed E-state index contributed by atoms with van der Waals surface area (Å²) in [4.78, 5) is 11.5. The van der Waals surface area contributed by atoms with E-state index < -0.39 is 16.1 Å². The van der Waals surface area contributed by atoms with Gasteiger partial charge < -0.3 is 11.1 Å². The zero-order valence-corrected chi connectivity index (χ0v) is 11.0. The summed E-state index contributed by atoms with van der Waals surface area (Å²) < 4.78 is 22.3. The number of sulfonamides is 1. The Morgan fingerprint density at radius 2 is 2.16 bits per heavy atom. The van der Waals surface area contributed by atoms with E-state index in [0.717, 1.165) is 0 Å². The summed E-state index contributed by atoms with van der Waals surface area (Å²) in [6.07, 6.45) is 5.19. The summed E-state index contributed by atoms with van der Waals surface area (Å²) in [6.45, 7) is 0.153. The van der Waals surface area contributed by atoms with Crippen molar-refractivity contribution in [1.82, 2.24) is 5.32 Å². The van der Waals surface area contributed by atoms with Crippen molar-refractivity contribution >= 4 is 15.9 Å². The molecule has 0 aliphatic rings. The van der Waals surface area contributed by atoms with Crippen molar-refractivity contribution in [2.45, 2.75) is 23.9 Å². The molecule has 1 unspecified atom stereocenters. The third-order valence-electron chi connectivity index (χ3n) is 2.37. The second-order valence-electron chi connectivity index (χ2n) is 3.92. The van der Waals surface area contributed by atoms with Gasteiger partial charge in [-0.1, -0.05) is 12.1 Å². The van der Waals surface area contributed by atoms with Crippen molar-refractivity contribution in [2.24, 2.45) is 10.9 Å². The summed E-state index contributed by atoms with van der Waals surface area (Å²) in [5.74, 6) is 1.90. The largest absolute Gasteiger partial charge is 0.351 e. The number of hydrogen-bond donors (Lipinski definition) is 3. The van der Waals surface area contributed by atoms with Gasteiger partial charge in [-0.15, -0.1) is 12.3 Å². The molecule has 0 heterocycles. The van der Waals surface area contributed by atoms with E-state index in [1.54, 1.807) is 12.1 Å². The first kappa shape index (κ1) is 15.2. The Labute approximate surface area is 112 Å². The van der Waals surface area contributed by atoms with Crippen molar-refractivity contribution in [3.63, 3.8) is 0 Å². The first-order valence-electron chi connectivity index (χ1n) is 5.43. The predicted molar refractivity (Wildman–Crippen MR) is 71.1 cm³/mol. The molecular weight excluding hydrogens is 266 g/mol. The maximum absolute atomic E-state index is 11.5. The standard InChI is InChI=1S/C12H15N3O3S/c1-2-4-11(13)12(16)15-8-9-5-3-6-10(7-9)19(14,17)18/h1,3,5-7,11H,4,8,13H2,(H,15,16)(H2,14,17,18). The van der Waals surface area contributed by atoms with Crippen LogP contribution >= 0.6 is 0 Å². The van der Waals surface area contributed by atoms with Crippen molar-refractivity contribution in [1.29, 1.82) is 0 Å². The molecule has 7 heteroatoms. The molecule has 1 aromatic rings. The number of benzene rings is 1. The summed E-state index contributed by atoms with van der Waals surface area (Å²) in [7, 11) is -3.75. The van der Waals surface area contributed by atoms with Crippen LogP contribution in [0.5, 0.6) is 0 Å². The lowest BCUT2D eigenvalue weighted by Gasteiger charge is -2.10. The van der Waals surface area contributed by atoms with Crippen molar-refractivity contribution in [3.05, 3.63) is 29.8 Å². The maximum Gasteiger partial charge on any atom is 0.238 e. The maximum atomic E-state index is 11.5. The minimum absolute atomic E-state index is 0.00725. The second-order valence-corrected chi connectivity index (χ2v) is 5.49. The Bertz CT molecular complexity index is 605. The molecule has 0 aliphatic carbocycles. The van der Waals surface area contributed by atoms with E-state index in [0.29, 0.717) is 5.56 Å². The van der Waals surface area contributed by atoms with E-state index >= 15 is 0 Å². The van der Waals surface area contributed by atoms with Gasteiger partial charge in [-0.2, -0.15) is 0 Å². The van der Waals surface area contributed by atoms with Gasteiger partial charge in [-0.05, 0) is 17.7 Å². The zero-order chi connectivity index (χ0) is 14.5. The van der Waals surface area contributed by atoms with E-state index in [9.17, 15) is 13.2 Å². The SMILES string of the molecule is C#CCC(N)C(=O)NCc1cccc(S(N)(=O)=O)c1. The van der Waals surface area contributed by atoms with Gasteiger partial charge in [0.1, 0.15) is 0 Å². The molecule has 0 saturated heterocycles. The predicted octanol–water partition coefficient (Wildman–Crippen LogP) is -0.699. The average Bonchev–Trinajstić information content (AvgIpc) is 2.35. The normalized spacial score (nSPS) is 12.5. The Hall–Kier alpha value is -1.88. The van der Waals surface area contributed by atoms with E-state index in [1.165, 1.54) is 12.1 Å². The zero-order valence-electron chi connectivity index (χ0n) is 10.2. The molecule has 102 valence electrons. The van der Waals surface area contributed by atoms with Gasteiger partial charge in [0, 0.05) is 13.0 Å². The van der Waals surface area contributed by atoms with Gasteiger partial charge in [0.15, 0.2) is 0 Å². The molecule has 1 rings (SSSR count). The van der Waals surface area contributed by atoms with E-state index in [-0.39, 0.29) is 23.8 Å². The number of rotatable bonds is 5. The first-order chi connectivity index (χ1) is 8.84. The number of carbonyl (C=O) groups is 1. The molecule has 19 heavy (non-hydrogen) atoms. The third kappa shape index (κ3) is 4.71. The topological polar surface area (TPSA) is 115 Å². The van der Waals surface area contributed by atoms with Crippen LogP contribution in [0.15, 0.2) is 29.2 Å². The van der Waals surface area contributed by atoms with Crippen molar-refractivity contribution < 1.29 is 13.2 Å². The lowest BCUT2D eigenvalue weighted by atomic mass is 10.2. The van der Waals surface area contributed by atoms with Gasteiger partial charge in [0.2, 0.25) is 15.9 Å². The molecule has 1 amide bonds. The molecule has 0 aromatic heterocycles. The number of carbonyl (C=O) groups excluding carboxylic acids is 1. The number of hydrogen-bond acceptors (Lipinski definition) is 4. The molecule has 0 radical (unpaired) electrons. The molecule has 1 aromatic carbocycles. The number of nitrogens with two attached hydrogens (primary N) is 2. The minimum atomic E-state index is -3.75. The molecule has 0 spiro atoms. The fourth-order valence-corrected chi connectivity index (χ4v) is 1.96. The molecule has 1 atom stereocenters. The van der Waals surface area contributed by atoms with E-state index in [1.807, 2.05) is 0 Å². The number of nitrogens with one attached hydrogen (secondary N) is 1. The Morgan fingerprint density at radius 3 is 2.74 bits per heavy atom. The summed E-state index contributed by atoms with van der Waals surface area (Å²) >= 11 is 0. The van der Waals surface area contributed by atoms with Crippen molar-refractivity contribution in [2.75, 3.05) is 0 Å². The molecule has 0 fully saturated rings. The Balaban J connectivity index is 2.70. The van der Waals surface area contributed by atoms with E-state index in [4.69, 9.17) is 17.3 Å². The van der Waals surface area contributed by atoms with Crippen LogP contribution in [0.25, 0.3) is 0 Å². The second kappa shape index (κ2) is 6.33. The molecule has 5 N–H and O–H groups in total. The van der Waals surface area contributed by atoms with Crippen LogP contribution in [0, 0.1) is 12.3 Å². The average molecular weight is 281 g/mol. The summed E-state index contributed by atoms with van der Waals surface area (Å²) in [5.41, 5.74) is 6.13. The van der Waals surface area contributed by atoms with Gasteiger partial charge in [0.05, 0.1) is 10.9 Å². The minimum Gasteiger partial charge on any atom is -0.351 e. The third-order valence-corrected chi connectivity index (χ3v) is 3.28.